The minimum absolute atomic E-state index is 0.168. The van der Waals surface area contributed by atoms with Gasteiger partial charge >= 0.3 is 6.09 Å². The number of hydrogen-bond acceptors (Lipinski definition) is 4. The van der Waals surface area contributed by atoms with Crippen molar-refractivity contribution in [2.24, 2.45) is 0 Å². The first-order chi connectivity index (χ1) is 11.3. The van der Waals surface area contributed by atoms with Crippen molar-refractivity contribution in [2.75, 3.05) is 26.2 Å². The van der Waals surface area contributed by atoms with Crippen molar-refractivity contribution in [3.63, 3.8) is 0 Å². The summed E-state index contributed by atoms with van der Waals surface area (Å²) in [5.74, 6) is -0.617. The van der Waals surface area contributed by atoms with E-state index in [0.29, 0.717) is 18.7 Å². The highest BCUT2D eigenvalue weighted by Gasteiger charge is 2.27. The zero-order valence-corrected chi connectivity index (χ0v) is 14.2. The van der Waals surface area contributed by atoms with Gasteiger partial charge in [0.25, 0.3) is 0 Å². The van der Waals surface area contributed by atoms with E-state index < -0.39 is 17.8 Å². The topological polar surface area (TPSA) is 67.9 Å². The second-order valence-electron chi connectivity index (χ2n) is 6.58. The molecule has 0 saturated carbocycles. The number of halogens is 1. The standard InChI is InChI=1S/C17H23FN2O4/c1-17(2,3)24-16(22)19-10-15(21)20-8-9-23-14(11-20)12-6-4-5-7-13(12)18/h4-7,14H,8-11H2,1-3H3,(H,19,22). The third-order valence-electron chi connectivity index (χ3n) is 3.45. The van der Waals surface area contributed by atoms with Gasteiger partial charge in [0.15, 0.2) is 0 Å². The van der Waals surface area contributed by atoms with Gasteiger partial charge in [-0.25, -0.2) is 9.18 Å². The Morgan fingerprint density at radius 2 is 2.08 bits per heavy atom. The molecule has 1 N–H and O–H groups in total. The van der Waals surface area contributed by atoms with Crippen LogP contribution in [0.4, 0.5) is 9.18 Å². The summed E-state index contributed by atoms with van der Waals surface area (Å²) in [6.45, 7) is 6.03. The van der Waals surface area contributed by atoms with Crippen LogP contribution >= 0.6 is 0 Å². The highest BCUT2D eigenvalue weighted by Crippen LogP contribution is 2.24. The quantitative estimate of drug-likeness (QED) is 0.918. The molecule has 0 aliphatic carbocycles. The number of carbonyl (C=O) groups excluding carboxylic acids is 2. The van der Waals surface area contributed by atoms with Crippen molar-refractivity contribution in [1.82, 2.24) is 10.2 Å². The van der Waals surface area contributed by atoms with Gasteiger partial charge in [0.05, 0.1) is 13.2 Å². The van der Waals surface area contributed by atoms with Crippen LogP contribution in [-0.2, 0) is 14.3 Å². The number of morpholine rings is 1. The number of alkyl carbamates (subject to hydrolysis) is 1. The van der Waals surface area contributed by atoms with Crippen LogP contribution in [0.3, 0.4) is 0 Å². The summed E-state index contributed by atoms with van der Waals surface area (Å²) in [5.41, 5.74) is -0.197. The van der Waals surface area contributed by atoms with Crippen molar-refractivity contribution in [1.29, 1.82) is 0 Å². The van der Waals surface area contributed by atoms with E-state index in [9.17, 15) is 14.0 Å². The second-order valence-corrected chi connectivity index (χ2v) is 6.58. The fourth-order valence-corrected chi connectivity index (χ4v) is 2.37. The molecule has 132 valence electrons. The fraction of sp³-hybridized carbons (Fsp3) is 0.529. The molecular formula is C17H23FN2O4. The van der Waals surface area contributed by atoms with Crippen LogP contribution in [0.5, 0.6) is 0 Å². The number of rotatable bonds is 3. The summed E-state index contributed by atoms with van der Waals surface area (Å²) < 4.78 is 24.5. The molecule has 1 atom stereocenters. The molecule has 2 amide bonds. The van der Waals surface area contributed by atoms with Gasteiger partial charge in [0, 0.05) is 12.1 Å². The van der Waals surface area contributed by atoms with Crippen molar-refractivity contribution in [3.8, 4) is 0 Å². The molecule has 0 aromatic heterocycles. The Hall–Kier alpha value is -2.15. The Morgan fingerprint density at radius 3 is 2.75 bits per heavy atom. The van der Waals surface area contributed by atoms with Crippen LogP contribution in [0.1, 0.15) is 32.4 Å². The van der Waals surface area contributed by atoms with Gasteiger partial charge in [0.1, 0.15) is 24.1 Å². The molecule has 0 spiro atoms. The monoisotopic (exact) mass is 338 g/mol. The van der Waals surface area contributed by atoms with Gasteiger partial charge in [-0.3, -0.25) is 4.79 Å². The summed E-state index contributed by atoms with van der Waals surface area (Å²) in [5, 5.41) is 2.44. The molecule has 6 nitrogen and oxygen atoms in total. The van der Waals surface area contributed by atoms with E-state index in [1.165, 1.54) is 6.07 Å². The lowest BCUT2D eigenvalue weighted by molar-refractivity contribution is -0.138. The number of ether oxygens (including phenoxy) is 2. The third kappa shape index (κ3) is 5.19. The number of amides is 2. The molecule has 1 saturated heterocycles. The molecule has 0 bridgehead atoms. The summed E-state index contributed by atoms with van der Waals surface area (Å²) >= 11 is 0. The summed E-state index contributed by atoms with van der Waals surface area (Å²) in [4.78, 5) is 25.4. The highest BCUT2D eigenvalue weighted by atomic mass is 19.1. The van der Waals surface area contributed by atoms with E-state index in [1.807, 2.05) is 0 Å². The largest absolute Gasteiger partial charge is 0.444 e. The van der Waals surface area contributed by atoms with E-state index in [1.54, 1.807) is 43.9 Å². The maximum Gasteiger partial charge on any atom is 0.408 e. The average molecular weight is 338 g/mol. The molecule has 1 aromatic rings. The highest BCUT2D eigenvalue weighted by molar-refractivity contribution is 5.82. The number of nitrogens with one attached hydrogen (secondary N) is 1. The number of nitrogens with zero attached hydrogens (tertiary/aromatic N) is 1. The molecule has 1 aromatic carbocycles. The van der Waals surface area contributed by atoms with Crippen molar-refractivity contribution < 1.29 is 23.5 Å². The number of benzene rings is 1. The summed E-state index contributed by atoms with van der Waals surface area (Å²) in [6, 6.07) is 6.35. The van der Waals surface area contributed by atoms with E-state index in [0.717, 1.165) is 0 Å². The average Bonchev–Trinajstić information content (AvgIpc) is 2.51. The third-order valence-corrected chi connectivity index (χ3v) is 3.45. The predicted octanol–water partition coefficient (Wildman–Crippen LogP) is 2.25. The molecule has 1 fully saturated rings. The molecule has 24 heavy (non-hydrogen) atoms. The first-order valence-electron chi connectivity index (χ1n) is 7.87. The fourth-order valence-electron chi connectivity index (χ4n) is 2.37. The number of hydrogen-bond donors (Lipinski definition) is 1. The lowest BCUT2D eigenvalue weighted by Crippen LogP contribution is -2.47. The van der Waals surface area contributed by atoms with Gasteiger partial charge in [-0.1, -0.05) is 18.2 Å². The predicted molar refractivity (Wildman–Crippen MR) is 85.9 cm³/mol. The van der Waals surface area contributed by atoms with Gasteiger partial charge in [-0.15, -0.1) is 0 Å². The molecule has 1 unspecified atom stereocenters. The lowest BCUT2D eigenvalue weighted by atomic mass is 10.1. The van der Waals surface area contributed by atoms with Gasteiger partial charge in [0.2, 0.25) is 5.91 Å². The van der Waals surface area contributed by atoms with E-state index >= 15 is 0 Å². The SMILES string of the molecule is CC(C)(C)OC(=O)NCC(=O)N1CCOC(c2ccccc2F)C1. The Labute approximate surface area is 140 Å². The minimum Gasteiger partial charge on any atom is -0.444 e. The molecule has 7 heteroatoms. The maximum atomic E-state index is 13.9. The van der Waals surface area contributed by atoms with Crippen molar-refractivity contribution >= 4 is 12.0 Å². The molecule has 1 aliphatic rings. The van der Waals surface area contributed by atoms with Gasteiger partial charge < -0.3 is 19.7 Å². The Balaban J connectivity index is 1.89. The van der Waals surface area contributed by atoms with Crippen molar-refractivity contribution in [2.45, 2.75) is 32.5 Å². The van der Waals surface area contributed by atoms with Gasteiger partial charge in [-0.2, -0.15) is 0 Å². The van der Waals surface area contributed by atoms with Crippen LogP contribution in [0.15, 0.2) is 24.3 Å². The Bertz CT molecular complexity index is 600. The molecule has 1 heterocycles. The van der Waals surface area contributed by atoms with Gasteiger partial charge in [-0.05, 0) is 26.8 Å². The zero-order valence-electron chi connectivity index (χ0n) is 14.2. The Morgan fingerprint density at radius 1 is 1.38 bits per heavy atom. The van der Waals surface area contributed by atoms with Crippen LogP contribution in [0.2, 0.25) is 0 Å². The summed E-state index contributed by atoms with van der Waals surface area (Å²) in [6.07, 6.45) is -1.15. The van der Waals surface area contributed by atoms with Crippen LogP contribution < -0.4 is 5.32 Å². The molecular weight excluding hydrogens is 315 g/mol. The van der Waals surface area contributed by atoms with Crippen molar-refractivity contribution in [3.05, 3.63) is 35.6 Å². The zero-order chi connectivity index (χ0) is 17.7. The maximum absolute atomic E-state index is 13.9. The summed E-state index contributed by atoms with van der Waals surface area (Å²) in [7, 11) is 0. The smallest absolute Gasteiger partial charge is 0.408 e. The first kappa shape index (κ1) is 18.2. The second kappa shape index (κ2) is 7.61. The normalized spacial score (nSPS) is 18.2. The molecule has 1 aliphatic heterocycles. The lowest BCUT2D eigenvalue weighted by Gasteiger charge is -2.33. The number of carbonyl (C=O) groups is 2. The van der Waals surface area contributed by atoms with E-state index in [-0.39, 0.29) is 24.8 Å². The van der Waals surface area contributed by atoms with Crippen LogP contribution in [0.25, 0.3) is 0 Å². The Kier molecular flexibility index (Phi) is 5.77. The van der Waals surface area contributed by atoms with E-state index in [2.05, 4.69) is 5.32 Å². The molecule has 0 radical (unpaired) electrons. The van der Waals surface area contributed by atoms with E-state index in [4.69, 9.17) is 9.47 Å². The minimum atomic E-state index is -0.644. The molecule has 2 rings (SSSR count). The van der Waals surface area contributed by atoms with Crippen LogP contribution in [0, 0.1) is 5.82 Å². The first-order valence-corrected chi connectivity index (χ1v) is 7.87. The van der Waals surface area contributed by atoms with Crippen LogP contribution in [-0.4, -0.2) is 48.7 Å².